The van der Waals surface area contributed by atoms with Gasteiger partial charge in [0.15, 0.2) is 0 Å². The maximum absolute atomic E-state index is 14.6. The molecule has 3 aliphatic rings. The third-order valence-electron chi connectivity index (χ3n) is 13.3. The van der Waals surface area contributed by atoms with Gasteiger partial charge in [-0.15, -0.1) is 10.2 Å². The molecular weight excluding hydrogens is 924 g/mol. The summed E-state index contributed by atoms with van der Waals surface area (Å²) >= 11 is 0. The van der Waals surface area contributed by atoms with Crippen LogP contribution >= 0.6 is 0 Å². The van der Waals surface area contributed by atoms with Crippen molar-refractivity contribution in [3.63, 3.8) is 0 Å². The number of hydrogen-bond donors (Lipinski definition) is 2. The van der Waals surface area contributed by atoms with Crippen molar-refractivity contribution in [3.05, 3.63) is 147 Å². The molecule has 6 aromatic rings. The van der Waals surface area contributed by atoms with Crippen molar-refractivity contribution in [2.45, 2.75) is 83.0 Å². The van der Waals surface area contributed by atoms with Crippen LogP contribution in [0, 0.1) is 0 Å². The number of halogens is 3. The van der Waals surface area contributed by atoms with Crippen LogP contribution in [-0.4, -0.2) is 108 Å². The van der Waals surface area contributed by atoms with E-state index in [0.29, 0.717) is 75.4 Å². The Morgan fingerprint density at radius 1 is 0.901 bits per heavy atom. The summed E-state index contributed by atoms with van der Waals surface area (Å²) in [5.41, 5.74) is 2.11. The number of imide groups is 2. The van der Waals surface area contributed by atoms with Crippen molar-refractivity contribution in [2.75, 3.05) is 44.8 Å². The number of likely N-dealkylation sites (tertiary alicyclic amines) is 1. The molecule has 20 heteroatoms. The number of pyridine rings is 1. The second kappa shape index (κ2) is 20.4. The highest BCUT2D eigenvalue weighted by atomic mass is 19.4. The molecule has 9 rings (SSSR count). The summed E-state index contributed by atoms with van der Waals surface area (Å²) in [6, 6.07) is 19.9. The van der Waals surface area contributed by atoms with E-state index in [9.17, 15) is 37.1 Å². The third kappa shape index (κ3) is 10.6. The standard InChI is InChI=1S/C51H54F3N9O8/c1-32(45-58-56-31-59(45)3)36-7-4-8-37(24-36)61-27-42-39(51(52,53)54)23-35(26-62(42)49(61)68)25-60-19-6-17-50(2,30-60)71-22-21-70-29-34-13-11-33(12-14-34)28-69-20-18-55-40-10-5-9-38-44(40)48(67)63(47(38)66)41-15-16-43(64)57-46(41)65/h4-5,7-14,23-24,26-27,31-32,41,55H,6,15-22,25,28-30H2,1-3H3,(H,57,64,65)/t32-,41?,50-/m1/s1. The molecule has 17 nitrogen and oxygen atoms in total. The molecule has 0 radical (unpaired) electrons. The monoisotopic (exact) mass is 977 g/mol. The first-order chi connectivity index (χ1) is 34.1. The number of imidazole rings is 1. The molecule has 3 atom stereocenters. The van der Waals surface area contributed by atoms with Crippen molar-refractivity contribution < 1.29 is 46.6 Å². The molecule has 1 unspecified atom stereocenters. The SMILES string of the molecule is C[C@H](c1cccc(-n2cc3c(C(F)(F)F)cc(CN4CCC[C@@](C)(OCCOCc5ccc(COCCNc6cccc7c6C(=O)N(C6CCC(=O)NC6=O)C7=O)cc5)C4)cn3c2=O)c1)c1nncn1C. The number of fused-ring (bicyclic) bond motifs is 2. The van der Waals surface area contributed by atoms with Gasteiger partial charge in [0, 0.05) is 57.1 Å². The number of aryl methyl sites for hydroxylation is 1. The van der Waals surface area contributed by atoms with Gasteiger partial charge in [-0.1, -0.05) is 49.4 Å². The zero-order valence-corrected chi connectivity index (χ0v) is 39.5. The first-order valence-corrected chi connectivity index (χ1v) is 23.5. The summed E-state index contributed by atoms with van der Waals surface area (Å²) in [6.45, 7) is 7.30. The summed E-state index contributed by atoms with van der Waals surface area (Å²) in [7, 11) is 1.83. The third-order valence-corrected chi connectivity index (χ3v) is 13.3. The topological polar surface area (TPSA) is 184 Å². The normalized spacial score (nSPS) is 19.1. The van der Waals surface area contributed by atoms with E-state index in [1.807, 2.05) is 51.2 Å². The Morgan fingerprint density at radius 3 is 2.37 bits per heavy atom. The van der Waals surface area contributed by atoms with E-state index in [1.54, 1.807) is 47.3 Å². The summed E-state index contributed by atoms with van der Waals surface area (Å²) in [5, 5.41) is 13.5. The number of piperidine rings is 2. The largest absolute Gasteiger partial charge is 0.418 e. The Labute approximate surface area is 406 Å². The lowest BCUT2D eigenvalue weighted by atomic mass is 9.94. The number of amides is 4. The number of rotatable bonds is 18. The molecule has 0 aliphatic carbocycles. The van der Waals surface area contributed by atoms with Crippen LogP contribution in [0.15, 0.2) is 96.3 Å². The fraction of sp³-hybridized carbons (Fsp3) is 0.392. The molecule has 0 saturated carbocycles. The van der Waals surface area contributed by atoms with Crippen LogP contribution in [0.4, 0.5) is 18.9 Å². The second-order valence-corrected chi connectivity index (χ2v) is 18.5. The summed E-state index contributed by atoms with van der Waals surface area (Å²) in [4.78, 5) is 67.4. The molecule has 372 valence electrons. The number of alkyl halides is 3. The van der Waals surface area contributed by atoms with Crippen LogP contribution in [0.1, 0.15) is 99.8 Å². The van der Waals surface area contributed by atoms with Crippen molar-refractivity contribution in [1.82, 2.24) is 38.8 Å². The Hall–Kier alpha value is -7.00. The maximum atomic E-state index is 14.6. The van der Waals surface area contributed by atoms with E-state index in [2.05, 4.69) is 25.7 Å². The average molecular weight is 978 g/mol. The molecule has 3 aliphatic heterocycles. The fourth-order valence-electron chi connectivity index (χ4n) is 9.72. The predicted octanol–water partition coefficient (Wildman–Crippen LogP) is 6.01. The number of nitrogens with zero attached hydrogens (tertiary/aromatic N) is 7. The first-order valence-electron chi connectivity index (χ1n) is 23.5. The molecule has 0 bridgehead atoms. The Bertz CT molecular complexity index is 3040. The van der Waals surface area contributed by atoms with Crippen molar-refractivity contribution in [3.8, 4) is 5.69 Å². The minimum atomic E-state index is -4.70. The number of benzene rings is 3. The lowest BCUT2D eigenvalue weighted by Crippen LogP contribution is -2.54. The van der Waals surface area contributed by atoms with Crippen molar-refractivity contribution in [1.29, 1.82) is 0 Å². The van der Waals surface area contributed by atoms with Crippen LogP contribution in [0.5, 0.6) is 0 Å². The number of nitrogens with one attached hydrogen (secondary N) is 2. The lowest BCUT2D eigenvalue weighted by molar-refractivity contribution is -0.137. The summed E-state index contributed by atoms with van der Waals surface area (Å²) in [6.07, 6.45) is 1.32. The summed E-state index contributed by atoms with van der Waals surface area (Å²) in [5.74, 6) is -1.71. The number of carbonyl (C=O) groups excluding carboxylic acids is 4. The molecule has 6 heterocycles. The highest BCUT2D eigenvalue weighted by molar-refractivity contribution is 6.25. The van der Waals surface area contributed by atoms with Crippen molar-refractivity contribution >= 4 is 34.8 Å². The number of aromatic nitrogens is 5. The quantitative estimate of drug-likeness (QED) is 0.0758. The number of ether oxygens (including phenoxy) is 3. The van der Waals surface area contributed by atoms with Gasteiger partial charge < -0.3 is 24.1 Å². The maximum Gasteiger partial charge on any atom is 0.418 e. The predicted molar refractivity (Wildman–Crippen MR) is 253 cm³/mol. The number of carbonyl (C=O) groups is 4. The number of hydrogen-bond acceptors (Lipinski definition) is 12. The molecule has 3 aromatic carbocycles. The highest BCUT2D eigenvalue weighted by Crippen LogP contribution is 2.36. The molecule has 4 amide bonds. The smallest absolute Gasteiger partial charge is 0.382 e. The lowest BCUT2D eigenvalue weighted by Gasteiger charge is -2.40. The van der Waals surface area contributed by atoms with E-state index in [1.165, 1.54) is 17.0 Å². The average Bonchev–Trinajstić information content (AvgIpc) is 4.00. The van der Waals surface area contributed by atoms with Gasteiger partial charge in [0.2, 0.25) is 11.8 Å². The molecule has 0 spiro atoms. The Kier molecular flexibility index (Phi) is 14.1. The molecule has 2 saturated heterocycles. The van der Waals surface area contributed by atoms with Crippen LogP contribution in [-0.2, 0) is 56.8 Å². The first kappa shape index (κ1) is 49.0. The molecule has 71 heavy (non-hydrogen) atoms. The minimum absolute atomic E-state index is 0.0428. The molecule has 2 N–H and O–H groups in total. The highest BCUT2D eigenvalue weighted by Gasteiger charge is 2.45. The van der Waals surface area contributed by atoms with Crippen LogP contribution in [0.25, 0.3) is 11.2 Å². The van der Waals surface area contributed by atoms with Crippen molar-refractivity contribution in [2.24, 2.45) is 7.05 Å². The zero-order valence-electron chi connectivity index (χ0n) is 39.5. The van der Waals surface area contributed by atoms with Gasteiger partial charge in [-0.25, -0.2) is 4.79 Å². The summed E-state index contributed by atoms with van der Waals surface area (Å²) < 4.78 is 66.2. The van der Waals surface area contributed by atoms with E-state index in [4.69, 9.17) is 14.2 Å². The minimum Gasteiger partial charge on any atom is -0.382 e. The van der Waals surface area contributed by atoms with Gasteiger partial charge >= 0.3 is 11.9 Å². The van der Waals surface area contributed by atoms with Gasteiger partial charge in [0.25, 0.3) is 11.8 Å². The van der Waals surface area contributed by atoms with Gasteiger partial charge in [-0.3, -0.25) is 43.3 Å². The van der Waals surface area contributed by atoms with Crippen LogP contribution in [0.2, 0.25) is 0 Å². The molecule has 2 fully saturated rings. The molecular formula is C51H54F3N9O8. The Balaban J connectivity index is 0.727. The van der Waals surface area contributed by atoms with Gasteiger partial charge in [-0.05, 0) is 85.3 Å². The zero-order chi connectivity index (χ0) is 50.0. The van der Waals surface area contributed by atoms with Gasteiger partial charge in [0.05, 0.1) is 66.5 Å². The fourth-order valence-corrected chi connectivity index (χ4v) is 9.72. The van der Waals surface area contributed by atoms with Gasteiger partial charge in [0.1, 0.15) is 18.2 Å². The molecule has 3 aromatic heterocycles. The number of anilines is 1. The van der Waals surface area contributed by atoms with Crippen LogP contribution < -0.4 is 16.3 Å². The Morgan fingerprint density at radius 2 is 1.65 bits per heavy atom. The van der Waals surface area contributed by atoms with Gasteiger partial charge in [-0.2, -0.15) is 13.2 Å². The van der Waals surface area contributed by atoms with E-state index >= 15 is 0 Å². The van der Waals surface area contributed by atoms with E-state index < -0.39 is 52.7 Å². The van der Waals surface area contributed by atoms with E-state index in [-0.39, 0.29) is 41.9 Å². The van der Waals surface area contributed by atoms with E-state index in [0.717, 1.165) is 44.9 Å². The van der Waals surface area contributed by atoms with Crippen LogP contribution in [0.3, 0.4) is 0 Å². The second-order valence-electron chi connectivity index (χ2n) is 18.5.